The number of aromatic amines is 1. The lowest BCUT2D eigenvalue weighted by Crippen LogP contribution is -2.49. The number of carbonyl (C=O) groups is 2. The monoisotopic (exact) mass is 338 g/mol. The van der Waals surface area contributed by atoms with E-state index in [1.807, 2.05) is 30.5 Å². The van der Waals surface area contributed by atoms with Gasteiger partial charge in [0.15, 0.2) is 11.5 Å². The molecule has 1 aromatic carbocycles. The first-order valence-electron chi connectivity index (χ1n) is 8.25. The van der Waals surface area contributed by atoms with E-state index in [1.165, 1.54) is 6.26 Å². The molecule has 6 nitrogen and oxygen atoms in total. The first kappa shape index (κ1) is 15.7. The summed E-state index contributed by atoms with van der Waals surface area (Å²) in [5.74, 6) is 0.0921. The molecule has 0 saturated carbocycles. The first-order chi connectivity index (χ1) is 12.2. The fraction of sp³-hybridized carbons (Fsp3) is 0.263. The average Bonchev–Trinajstić information content (AvgIpc) is 3.32. The number of nitrogens with one attached hydrogen (secondary N) is 1. The predicted octanol–water partition coefficient (Wildman–Crippen LogP) is 2.87. The van der Waals surface area contributed by atoms with E-state index in [9.17, 15) is 9.59 Å². The molecule has 1 N–H and O–H groups in total. The smallest absolute Gasteiger partial charge is 0.256 e. The molecule has 25 heavy (non-hydrogen) atoms. The number of morpholine rings is 1. The summed E-state index contributed by atoms with van der Waals surface area (Å²) in [6, 6.07) is 10.6. The Morgan fingerprint density at radius 2 is 2.12 bits per heavy atom. The Bertz CT molecular complexity index is 897. The molecule has 1 atom stereocenters. The molecular weight excluding hydrogens is 320 g/mol. The van der Waals surface area contributed by atoms with Crippen molar-refractivity contribution >= 4 is 22.6 Å². The van der Waals surface area contributed by atoms with E-state index in [0.717, 1.165) is 10.9 Å². The maximum atomic E-state index is 13.1. The van der Waals surface area contributed by atoms with Crippen molar-refractivity contribution in [2.75, 3.05) is 19.8 Å². The molecule has 0 spiro atoms. The van der Waals surface area contributed by atoms with Gasteiger partial charge in [0, 0.05) is 24.5 Å². The molecule has 0 radical (unpaired) electrons. The van der Waals surface area contributed by atoms with Crippen molar-refractivity contribution in [2.24, 2.45) is 0 Å². The van der Waals surface area contributed by atoms with E-state index in [-0.39, 0.29) is 24.2 Å². The number of aromatic nitrogens is 1. The van der Waals surface area contributed by atoms with Crippen LogP contribution in [0.25, 0.3) is 10.9 Å². The van der Waals surface area contributed by atoms with Gasteiger partial charge < -0.3 is 19.0 Å². The summed E-state index contributed by atoms with van der Waals surface area (Å²) in [7, 11) is 0. The number of amides is 1. The lowest BCUT2D eigenvalue weighted by molar-refractivity contribution is -0.00293. The second-order valence-corrected chi connectivity index (χ2v) is 6.08. The van der Waals surface area contributed by atoms with E-state index in [2.05, 4.69) is 4.98 Å². The quantitative estimate of drug-likeness (QED) is 0.742. The highest BCUT2D eigenvalue weighted by Crippen LogP contribution is 2.22. The fourth-order valence-electron chi connectivity index (χ4n) is 3.26. The standard InChI is InChI=1S/C19H18N2O4/c22-16(17-5-2-9-25-17)11-14-12-24-10-8-21(14)19(23)15-4-1-3-13-6-7-20-18(13)15/h1-7,9,14,20H,8,10-12H2/t14-/m1/s1. The number of benzene rings is 1. The number of hydrogen-bond acceptors (Lipinski definition) is 4. The van der Waals surface area contributed by atoms with Crippen LogP contribution in [-0.4, -0.2) is 47.4 Å². The minimum Gasteiger partial charge on any atom is -0.461 e. The van der Waals surface area contributed by atoms with Gasteiger partial charge in [-0.3, -0.25) is 9.59 Å². The molecule has 1 aliphatic rings. The molecule has 1 saturated heterocycles. The van der Waals surface area contributed by atoms with Crippen LogP contribution in [0.15, 0.2) is 53.3 Å². The summed E-state index contributed by atoms with van der Waals surface area (Å²) >= 11 is 0. The van der Waals surface area contributed by atoms with E-state index in [1.54, 1.807) is 17.0 Å². The van der Waals surface area contributed by atoms with E-state index < -0.39 is 0 Å². The number of Topliss-reactive ketones (excluding diaryl/α,β-unsaturated/α-hetero) is 1. The van der Waals surface area contributed by atoms with E-state index in [0.29, 0.717) is 31.1 Å². The third-order valence-corrected chi connectivity index (χ3v) is 4.52. The number of carbonyl (C=O) groups excluding carboxylic acids is 2. The second kappa shape index (κ2) is 6.57. The largest absolute Gasteiger partial charge is 0.461 e. The van der Waals surface area contributed by atoms with Crippen LogP contribution < -0.4 is 0 Å². The number of nitrogens with zero attached hydrogens (tertiary/aromatic N) is 1. The van der Waals surface area contributed by atoms with Crippen molar-refractivity contribution in [3.05, 3.63) is 60.2 Å². The zero-order valence-electron chi connectivity index (χ0n) is 13.6. The molecule has 4 rings (SSSR count). The van der Waals surface area contributed by atoms with Crippen LogP contribution in [0.2, 0.25) is 0 Å². The maximum Gasteiger partial charge on any atom is 0.256 e. The minimum atomic E-state index is -0.302. The maximum absolute atomic E-state index is 13.1. The molecule has 0 unspecified atom stereocenters. The van der Waals surface area contributed by atoms with Gasteiger partial charge in [-0.25, -0.2) is 0 Å². The summed E-state index contributed by atoms with van der Waals surface area (Å²) in [6.07, 6.45) is 3.47. The van der Waals surface area contributed by atoms with Gasteiger partial charge in [0.1, 0.15) is 0 Å². The van der Waals surface area contributed by atoms with Crippen molar-refractivity contribution in [1.82, 2.24) is 9.88 Å². The number of ether oxygens (including phenoxy) is 1. The third-order valence-electron chi connectivity index (χ3n) is 4.52. The number of hydrogen-bond donors (Lipinski definition) is 1. The minimum absolute atomic E-state index is 0.0893. The molecule has 1 fully saturated rings. The Kier molecular flexibility index (Phi) is 4.11. The van der Waals surface area contributed by atoms with Gasteiger partial charge in [-0.2, -0.15) is 0 Å². The molecule has 1 aliphatic heterocycles. The van der Waals surface area contributed by atoms with Gasteiger partial charge in [0.25, 0.3) is 5.91 Å². The van der Waals surface area contributed by atoms with E-state index in [4.69, 9.17) is 9.15 Å². The third kappa shape index (κ3) is 2.96. The van der Waals surface area contributed by atoms with Crippen molar-refractivity contribution in [1.29, 1.82) is 0 Å². The Morgan fingerprint density at radius 3 is 2.96 bits per heavy atom. The molecule has 0 aliphatic carbocycles. The molecule has 3 heterocycles. The average molecular weight is 338 g/mol. The molecular formula is C19H18N2O4. The molecule has 0 bridgehead atoms. The fourth-order valence-corrected chi connectivity index (χ4v) is 3.26. The highest BCUT2D eigenvalue weighted by Gasteiger charge is 2.31. The number of furan rings is 1. The normalized spacial score (nSPS) is 17.8. The van der Waals surface area contributed by atoms with Crippen LogP contribution in [0, 0.1) is 0 Å². The van der Waals surface area contributed by atoms with Crippen molar-refractivity contribution in [3.8, 4) is 0 Å². The SMILES string of the molecule is O=C(C[C@@H]1COCCN1C(=O)c1cccc2cc[nH]c12)c1ccco1. The number of rotatable bonds is 4. The van der Waals surface area contributed by atoms with Gasteiger partial charge in [0.2, 0.25) is 0 Å². The number of fused-ring (bicyclic) bond motifs is 1. The first-order valence-corrected chi connectivity index (χ1v) is 8.25. The van der Waals surface area contributed by atoms with Crippen LogP contribution >= 0.6 is 0 Å². The summed E-state index contributed by atoms with van der Waals surface area (Å²) in [5.41, 5.74) is 1.43. The van der Waals surface area contributed by atoms with Crippen LogP contribution in [-0.2, 0) is 4.74 Å². The van der Waals surface area contributed by atoms with Gasteiger partial charge in [-0.15, -0.1) is 0 Å². The van der Waals surface area contributed by atoms with Crippen LogP contribution in [0.3, 0.4) is 0 Å². The van der Waals surface area contributed by atoms with Crippen molar-refractivity contribution in [3.63, 3.8) is 0 Å². The topological polar surface area (TPSA) is 75.5 Å². The van der Waals surface area contributed by atoms with Gasteiger partial charge in [0.05, 0.1) is 36.6 Å². The predicted molar refractivity (Wildman–Crippen MR) is 91.6 cm³/mol. The molecule has 2 aromatic heterocycles. The lowest BCUT2D eigenvalue weighted by atomic mass is 10.0. The lowest BCUT2D eigenvalue weighted by Gasteiger charge is -2.35. The Hall–Kier alpha value is -2.86. The van der Waals surface area contributed by atoms with Gasteiger partial charge in [-0.1, -0.05) is 12.1 Å². The second-order valence-electron chi connectivity index (χ2n) is 6.08. The van der Waals surface area contributed by atoms with Gasteiger partial charge >= 0.3 is 0 Å². The van der Waals surface area contributed by atoms with Crippen LogP contribution in [0.1, 0.15) is 27.3 Å². The Morgan fingerprint density at radius 1 is 1.20 bits per heavy atom. The van der Waals surface area contributed by atoms with E-state index >= 15 is 0 Å². The Balaban J connectivity index is 1.59. The van der Waals surface area contributed by atoms with Crippen LogP contribution in [0.4, 0.5) is 0 Å². The Labute approximate surface area is 144 Å². The van der Waals surface area contributed by atoms with Crippen molar-refractivity contribution in [2.45, 2.75) is 12.5 Å². The summed E-state index contributed by atoms with van der Waals surface area (Å²) < 4.78 is 10.7. The number of H-pyrrole nitrogens is 1. The zero-order valence-corrected chi connectivity index (χ0v) is 13.6. The number of para-hydroxylation sites is 1. The highest BCUT2D eigenvalue weighted by atomic mass is 16.5. The van der Waals surface area contributed by atoms with Crippen molar-refractivity contribution < 1.29 is 18.7 Å². The molecule has 3 aromatic rings. The van der Waals surface area contributed by atoms with Gasteiger partial charge in [-0.05, 0) is 24.3 Å². The van der Waals surface area contributed by atoms with Crippen LogP contribution in [0.5, 0.6) is 0 Å². The molecule has 6 heteroatoms. The molecule has 1 amide bonds. The summed E-state index contributed by atoms with van der Waals surface area (Å²) in [5, 5.41) is 0.988. The number of ketones is 1. The highest BCUT2D eigenvalue weighted by molar-refractivity contribution is 6.06. The summed E-state index contributed by atoms with van der Waals surface area (Å²) in [6.45, 7) is 1.28. The summed E-state index contributed by atoms with van der Waals surface area (Å²) in [4.78, 5) is 30.3. The molecule has 128 valence electrons. The zero-order chi connectivity index (χ0) is 17.2.